The van der Waals surface area contributed by atoms with Gasteiger partial charge in [0.05, 0.1) is 5.60 Å². The number of nitrogens with two attached hydrogens (primary N) is 1. The Labute approximate surface area is 77.6 Å². The molecule has 1 fully saturated rings. The Morgan fingerprint density at radius 1 is 1.31 bits per heavy atom. The second kappa shape index (κ2) is 3.01. The SMILES string of the molecule is Nc1ccc(CC2(O)CNC2)cc1. The fourth-order valence-corrected chi connectivity index (χ4v) is 1.55. The van der Waals surface area contributed by atoms with Crippen molar-refractivity contribution in [2.75, 3.05) is 18.8 Å². The molecule has 0 aromatic heterocycles. The number of nitrogen functional groups attached to an aromatic ring is 1. The summed E-state index contributed by atoms with van der Waals surface area (Å²) in [7, 11) is 0. The average molecular weight is 178 g/mol. The van der Waals surface area contributed by atoms with Crippen molar-refractivity contribution in [3.8, 4) is 0 Å². The van der Waals surface area contributed by atoms with Crippen LogP contribution in [0.15, 0.2) is 24.3 Å². The van der Waals surface area contributed by atoms with E-state index in [-0.39, 0.29) is 0 Å². The molecule has 1 aromatic carbocycles. The molecule has 0 spiro atoms. The molecule has 0 atom stereocenters. The topological polar surface area (TPSA) is 58.3 Å². The van der Waals surface area contributed by atoms with Crippen LogP contribution < -0.4 is 11.1 Å². The number of β-amino-alcohol motifs (C(OH)–C–C–N with tert-alkyl or cyclic N) is 1. The summed E-state index contributed by atoms with van der Waals surface area (Å²) in [5.41, 5.74) is 6.93. The zero-order valence-electron chi connectivity index (χ0n) is 7.46. The minimum atomic E-state index is -0.532. The molecule has 13 heavy (non-hydrogen) atoms. The number of benzene rings is 1. The van der Waals surface area contributed by atoms with E-state index in [2.05, 4.69) is 5.32 Å². The molecule has 0 bridgehead atoms. The predicted octanol–water partition coefficient (Wildman–Crippen LogP) is 0.146. The molecule has 1 heterocycles. The Balaban J connectivity index is 2.05. The van der Waals surface area contributed by atoms with Crippen LogP contribution in [-0.2, 0) is 6.42 Å². The summed E-state index contributed by atoms with van der Waals surface area (Å²) in [6.07, 6.45) is 0.709. The molecule has 1 saturated heterocycles. The molecule has 0 unspecified atom stereocenters. The number of rotatable bonds is 2. The van der Waals surface area contributed by atoms with Crippen molar-refractivity contribution < 1.29 is 5.11 Å². The van der Waals surface area contributed by atoms with E-state index in [1.54, 1.807) is 0 Å². The molecule has 1 aromatic rings. The van der Waals surface area contributed by atoms with Crippen molar-refractivity contribution in [3.05, 3.63) is 29.8 Å². The highest BCUT2D eigenvalue weighted by molar-refractivity contribution is 5.39. The number of nitrogens with one attached hydrogen (secondary N) is 1. The van der Waals surface area contributed by atoms with E-state index in [9.17, 15) is 5.11 Å². The van der Waals surface area contributed by atoms with Gasteiger partial charge in [0.25, 0.3) is 0 Å². The van der Waals surface area contributed by atoms with Gasteiger partial charge in [-0.05, 0) is 17.7 Å². The number of hydrogen-bond donors (Lipinski definition) is 3. The van der Waals surface area contributed by atoms with Gasteiger partial charge in [-0.3, -0.25) is 0 Å². The fraction of sp³-hybridized carbons (Fsp3) is 0.400. The zero-order chi connectivity index (χ0) is 9.31. The van der Waals surface area contributed by atoms with E-state index < -0.39 is 5.60 Å². The maximum atomic E-state index is 9.84. The number of aliphatic hydroxyl groups is 1. The first-order chi connectivity index (χ1) is 6.18. The highest BCUT2D eigenvalue weighted by atomic mass is 16.3. The first-order valence-electron chi connectivity index (χ1n) is 4.45. The lowest BCUT2D eigenvalue weighted by atomic mass is 9.89. The van der Waals surface area contributed by atoms with Crippen LogP contribution in [-0.4, -0.2) is 23.8 Å². The summed E-state index contributed by atoms with van der Waals surface area (Å²) in [6.45, 7) is 1.38. The van der Waals surface area contributed by atoms with Crippen molar-refractivity contribution >= 4 is 5.69 Å². The van der Waals surface area contributed by atoms with E-state index in [0.717, 1.165) is 11.3 Å². The van der Waals surface area contributed by atoms with E-state index in [4.69, 9.17) is 5.73 Å². The van der Waals surface area contributed by atoms with Crippen LogP contribution in [0.25, 0.3) is 0 Å². The lowest BCUT2D eigenvalue weighted by Gasteiger charge is -2.37. The Morgan fingerprint density at radius 2 is 1.92 bits per heavy atom. The molecule has 1 aliphatic heterocycles. The summed E-state index contributed by atoms with van der Waals surface area (Å²) >= 11 is 0. The van der Waals surface area contributed by atoms with Gasteiger partial charge in [0.15, 0.2) is 0 Å². The highest BCUT2D eigenvalue weighted by Gasteiger charge is 2.33. The normalized spacial score (nSPS) is 19.5. The van der Waals surface area contributed by atoms with Crippen molar-refractivity contribution in [1.29, 1.82) is 0 Å². The molecule has 2 rings (SSSR count). The first-order valence-corrected chi connectivity index (χ1v) is 4.45. The van der Waals surface area contributed by atoms with E-state index >= 15 is 0 Å². The highest BCUT2D eigenvalue weighted by Crippen LogP contribution is 2.18. The third kappa shape index (κ3) is 1.82. The Morgan fingerprint density at radius 3 is 2.38 bits per heavy atom. The van der Waals surface area contributed by atoms with Crippen molar-refractivity contribution in [1.82, 2.24) is 5.32 Å². The number of anilines is 1. The zero-order valence-corrected chi connectivity index (χ0v) is 7.46. The maximum absolute atomic E-state index is 9.84. The molecule has 3 nitrogen and oxygen atoms in total. The predicted molar refractivity (Wildman–Crippen MR) is 52.4 cm³/mol. The molecule has 0 aliphatic carbocycles. The first kappa shape index (κ1) is 8.53. The summed E-state index contributed by atoms with van der Waals surface area (Å²) < 4.78 is 0. The van der Waals surface area contributed by atoms with Gasteiger partial charge in [0.2, 0.25) is 0 Å². The monoisotopic (exact) mass is 178 g/mol. The lowest BCUT2D eigenvalue weighted by Crippen LogP contribution is -2.60. The van der Waals surface area contributed by atoms with Crippen molar-refractivity contribution in [2.24, 2.45) is 0 Å². The molecule has 0 radical (unpaired) electrons. The van der Waals surface area contributed by atoms with Crippen LogP contribution in [0.1, 0.15) is 5.56 Å². The second-order valence-electron chi connectivity index (χ2n) is 3.75. The minimum Gasteiger partial charge on any atom is -0.399 e. The minimum absolute atomic E-state index is 0.532. The van der Waals surface area contributed by atoms with Crippen LogP contribution in [0, 0.1) is 0 Å². The van der Waals surface area contributed by atoms with Crippen molar-refractivity contribution in [2.45, 2.75) is 12.0 Å². The maximum Gasteiger partial charge on any atom is 0.0935 e. The summed E-state index contributed by atoms with van der Waals surface area (Å²) in [6, 6.07) is 7.66. The van der Waals surface area contributed by atoms with Crippen LogP contribution in [0.4, 0.5) is 5.69 Å². The number of hydrogen-bond acceptors (Lipinski definition) is 3. The third-order valence-electron chi connectivity index (χ3n) is 2.42. The van der Waals surface area contributed by atoms with Gasteiger partial charge in [0.1, 0.15) is 0 Å². The molecule has 1 aliphatic rings. The van der Waals surface area contributed by atoms with E-state index in [0.29, 0.717) is 19.5 Å². The largest absolute Gasteiger partial charge is 0.399 e. The molecule has 0 amide bonds. The van der Waals surface area contributed by atoms with Gasteiger partial charge in [-0.1, -0.05) is 12.1 Å². The Hall–Kier alpha value is -1.06. The van der Waals surface area contributed by atoms with Crippen LogP contribution in [0.3, 0.4) is 0 Å². The lowest BCUT2D eigenvalue weighted by molar-refractivity contribution is -0.00901. The van der Waals surface area contributed by atoms with Crippen LogP contribution in [0.2, 0.25) is 0 Å². The van der Waals surface area contributed by atoms with Gasteiger partial charge < -0.3 is 16.2 Å². The Bertz CT molecular complexity index is 290. The average Bonchev–Trinajstić information content (AvgIpc) is 2.06. The smallest absolute Gasteiger partial charge is 0.0935 e. The molecule has 3 heteroatoms. The van der Waals surface area contributed by atoms with E-state index in [1.807, 2.05) is 24.3 Å². The molecule has 4 N–H and O–H groups in total. The van der Waals surface area contributed by atoms with Gasteiger partial charge in [0, 0.05) is 25.2 Å². The molecular weight excluding hydrogens is 164 g/mol. The molecular formula is C10H14N2O. The summed E-state index contributed by atoms with van der Waals surface area (Å²) in [5.74, 6) is 0. The van der Waals surface area contributed by atoms with Gasteiger partial charge >= 0.3 is 0 Å². The second-order valence-corrected chi connectivity index (χ2v) is 3.75. The molecule has 0 saturated carbocycles. The standard InChI is InChI=1S/C10H14N2O/c11-9-3-1-8(2-4-9)5-10(13)6-12-7-10/h1-4,12-13H,5-7,11H2. The van der Waals surface area contributed by atoms with Gasteiger partial charge in [-0.15, -0.1) is 0 Å². The van der Waals surface area contributed by atoms with Gasteiger partial charge in [-0.25, -0.2) is 0 Å². The van der Waals surface area contributed by atoms with Crippen LogP contribution >= 0.6 is 0 Å². The third-order valence-corrected chi connectivity index (χ3v) is 2.42. The van der Waals surface area contributed by atoms with Gasteiger partial charge in [-0.2, -0.15) is 0 Å². The van der Waals surface area contributed by atoms with Crippen molar-refractivity contribution in [3.63, 3.8) is 0 Å². The fourth-order valence-electron chi connectivity index (χ4n) is 1.55. The van der Waals surface area contributed by atoms with Crippen LogP contribution in [0.5, 0.6) is 0 Å². The molecule has 70 valence electrons. The quantitative estimate of drug-likeness (QED) is 0.565. The summed E-state index contributed by atoms with van der Waals surface area (Å²) in [4.78, 5) is 0. The summed E-state index contributed by atoms with van der Waals surface area (Å²) in [5, 5.41) is 12.9. The van der Waals surface area contributed by atoms with E-state index in [1.165, 1.54) is 0 Å². The Kier molecular flexibility index (Phi) is 1.98.